The zero-order chi connectivity index (χ0) is 14.0. The summed E-state index contributed by atoms with van der Waals surface area (Å²) >= 11 is 3.29. The first-order valence-electron chi connectivity index (χ1n) is 6.76. The highest BCUT2D eigenvalue weighted by molar-refractivity contribution is 9.10. The van der Waals surface area contributed by atoms with Crippen molar-refractivity contribution in [2.45, 2.75) is 38.0 Å². The molecule has 0 bridgehead atoms. The van der Waals surface area contributed by atoms with E-state index in [1.807, 2.05) is 24.1 Å². The summed E-state index contributed by atoms with van der Waals surface area (Å²) in [6.07, 6.45) is 3.71. The molecule has 19 heavy (non-hydrogen) atoms. The van der Waals surface area contributed by atoms with E-state index in [-0.39, 0.29) is 11.7 Å². The lowest BCUT2D eigenvalue weighted by Crippen LogP contribution is -2.43. The minimum Gasteiger partial charge on any atom is -0.507 e. The molecule has 2 rings (SSSR count). The molecule has 0 radical (unpaired) electrons. The van der Waals surface area contributed by atoms with Crippen molar-refractivity contribution in [1.29, 1.82) is 0 Å². The molecular weight excluding hydrogens is 306 g/mol. The van der Waals surface area contributed by atoms with Crippen LogP contribution in [0.1, 0.15) is 38.2 Å². The van der Waals surface area contributed by atoms with Crippen LogP contribution >= 0.6 is 15.9 Å². The average molecular weight is 326 g/mol. The van der Waals surface area contributed by atoms with Crippen molar-refractivity contribution in [3.63, 3.8) is 0 Å². The Kier molecular flexibility index (Phi) is 4.19. The second-order valence-electron chi connectivity index (χ2n) is 5.29. The summed E-state index contributed by atoms with van der Waals surface area (Å²) in [5, 5.41) is 9.89. The van der Waals surface area contributed by atoms with Crippen LogP contribution in [0.3, 0.4) is 0 Å². The minimum absolute atomic E-state index is 0.175. The number of carbonyl (C=O) groups excluding carboxylic acids is 1. The molecular formula is C15H20BrNO2. The number of phenolic OH excluding ortho intramolecular Hbond substituents is 1. The first-order valence-corrected chi connectivity index (χ1v) is 7.55. The van der Waals surface area contributed by atoms with E-state index in [0.717, 1.165) is 37.8 Å². The number of phenols is 1. The molecule has 0 aromatic heterocycles. The highest BCUT2D eigenvalue weighted by Gasteiger charge is 2.41. The molecule has 1 N–H and O–H groups in total. The maximum atomic E-state index is 12.7. The number of halogens is 1. The van der Waals surface area contributed by atoms with Crippen LogP contribution in [-0.2, 0) is 10.2 Å². The van der Waals surface area contributed by atoms with Crippen LogP contribution in [0.25, 0.3) is 0 Å². The molecule has 1 atom stereocenters. The fourth-order valence-electron chi connectivity index (χ4n) is 2.96. The van der Waals surface area contributed by atoms with Gasteiger partial charge in [0, 0.05) is 13.6 Å². The summed E-state index contributed by atoms with van der Waals surface area (Å²) in [6, 6.07) is 5.50. The van der Waals surface area contributed by atoms with Crippen molar-refractivity contribution in [3.8, 4) is 5.75 Å². The van der Waals surface area contributed by atoms with E-state index in [0.29, 0.717) is 4.47 Å². The van der Waals surface area contributed by atoms with Gasteiger partial charge in [-0.05, 0) is 52.9 Å². The summed E-state index contributed by atoms with van der Waals surface area (Å²) in [6.45, 7) is 2.87. The van der Waals surface area contributed by atoms with Crippen molar-refractivity contribution in [2.24, 2.45) is 0 Å². The lowest BCUT2D eigenvalue weighted by Gasteiger charge is -2.33. The molecule has 1 aromatic rings. The lowest BCUT2D eigenvalue weighted by molar-refractivity contribution is -0.135. The molecule has 1 aliphatic heterocycles. The molecule has 104 valence electrons. The van der Waals surface area contributed by atoms with Gasteiger partial charge < -0.3 is 10.0 Å². The van der Waals surface area contributed by atoms with Crippen LogP contribution in [0.15, 0.2) is 22.7 Å². The first kappa shape index (κ1) is 14.4. The molecule has 1 amide bonds. The van der Waals surface area contributed by atoms with Gasteiger partial charge in [-0.1, -0.05) is 19.4 Å². The monoisotopic (exact) mass is 325 g/mol. The Morgan fingerprint density at radius 3 is 2.79 bits per heavy atom. The maximum absolute atomic E-state index is 12.7. The van der Waals surface area contributed by atoms with E-state index in [9.17, 15) is 9.90 Å². The zero-order valence-electron chi connectivity index (χ0n) is 11.4. The molecule has 0 saturated carbocycles. The van der Waals surface area contributed by atoms with E-state index in [4.69, 9.17) is 0 Å². The summed E-state index contributed by atoms with van der Waals surface area (Å²) in [5.74, 6) is 0.374. The van der Waals surface area contributed by atoms with Crippen molar-refractivity contribution in [3.05, 3.63) is 28.2 Å². The van der Waals surface area contributed by atoms with Crippen LogP contribution in [0.2, 0.25) is 0 Å². The molecule has 3 nitrogen and oxygen atoms in total. The molecule has 1 aromatic carbocycles. The van der Waals surface area contributed by atoms with Crippen LogP contribution in [0, 0.1) is 0 Å². The number of hydrogen-bond acceptors (Lipinski definition) is 2. The van der Waals surface area contributed by atoms with Crippen molar-refractivity contribution >= 4 is 21.8 Å². The molecule has 1 fully saturated rings. The number of amides is 1. The molecule has 0 aliphatic carbocycles. The van der Waals surface area contributed by atoms with E-state index < -0.39 is 5.41 Å². The lowest BCUT2D eigenvalue weighted by atomic mass is 9.73. The summed E-state index contributed by atoms with van der Waals surface area (Å²) in [4.78, 5) is 14.6. The Labute approximate surface area is 122 Å². The third kappa shape index (κ3) is 2.50. The maximum Gasteiger partial charge on any atom is 0.232 e. The second-order valence-corrected chi connectivity index (χ2v) is 6.14. The van der Waals surface area contributed by atoms with Crippen LogP contribution in [-0.4, -0.2) is 29.5 Å². The predicted octanol–water partition coefficient (Wildman–Crippen LogP) is 3.44. The highest BCUT2D eigenvalue weighted by Crippen LogP contribution is 2.39. The summed E-state index contributed by atoms with van der Waals surface area (Å²) in [5.41, 5.74) is 0.443. The Balaban J connectivity index is 2.50. The van der Waals surface area contributed by atoms with Gasteiger partial charge in [0.1, 0.15) is 5.75 Å². The molecule has 4 heteroatoms. The van der Waals surface area contributed by atoms with Crippen molar-refractivity contribution in [2.75, 3.05) is 13.6 Å². The molecule has 1 heterocycles. The Morgan fingerprint density at radius 2 is 2.16 bits per heavy atom. The third-order valence-electron chi connectivity index (χ3n) is 4.21. The van der Waals surface area contributed by atoms with E-state index in [1.54, 1.807) is 6.07 Å². The largest absolute Gasteiger partial charge is 0.507 e. The number of hydrogen-bond donors (Lipinski definition) is 1. The molecule has 0 spiro atoms. The number of aromatic hydroxyl groups is 1. The predicted molar refractivity (Wildman–Crippen MR) is 79.3 cm³/mol. The van der Waals surface area contributed by atoms with Gasteiger partial charge in [-0.3, -0.25) is 4.79 Å². The Hall–Kier alpha value is -1.03. The smallest absolute Gasteiger partial charge is 0.232 e. The van der Waals surface area contributed by atoms with Gasteiger partial charge in [-0.15, -0.1) is 0 Å². The van der Waals surface area contributed by atoms with Gasteiger partial charge in [-0.25, -0.2) is 0 Å². The van der Waals surface area contributed by atoms with Gasteiger partial charge in [-0.2, -0.15) is 0 Å². The average Bonchev–Trinajstić information content (AvgIpc) is 2.55. The summed E-state index contributed by atoms with van der Waals surface area (Å²) in [7, 11) is 1.87. The highest BCUT2D eigenvalue weighted by atomic mass is 79.9. The number of nitrogens with zero attached hydrogens (tertiary/aromatic N) is 1. The van der Waals surface area contributed by atoms with Gasteiger partial charge in [0.15, 0.2) is 0 Å². The quantitative estimate of drug-likeness (QED) is 0.904. The topological polar surface area (TPSA) is 40.5 Å². The molecule has 0 unspecified atom stereocenters. The van der Waals surface area contributed by atoms with E-state index in [2.05, 4.69) is 22.9 Å². The van der Waals surface area contributed by atoms with Gasteiger partial charge in [0.2, 0.25) is 5.91 Å². The fourth-order valence-corrected chi connectivity index (χ4v) is 3.21. The van der Waals surface area contributed by atoms with Gasteiger partial charge in [0.25, 0.3) is 0 Å². The van der Waals surface area contributed by atoms with Gasteiger partial charge in [0.05, 0.1) is 9.89 Å². The standard InChI is InChI=1S/C15H20BrNO2/c1-3-15(8-4-5-9-17(2)14(15)19)11-6-7-12(16)13(18)10-11/h6-7,10,18H,3-5,8-9H2,1-2H3/t15-/m0/s1. The van der Waals surface area contributed by atoms with Crippen LogP contribution in [0.4, 0.5) is 0 Å². The SMILES string of the molecule is CC[C@@]1(c2ccc(Br)c(O)c2)CCCCN(C)C1=O. The summed E-state index contributed by atoms with van der Waals surface area (Å²) < 4.78 is 0.664. The zero-order valence-corrected chi connectivity index (χ0v) is 13.0. The molecule has 1 saturated heterocycles. The second kappa shape index (κ2) is 5.53. The number of likely N-dealkylation sites (N-methyl/N-ethyl adjacent to an activating group) is 1. The Bertz CT molecular complexity index is 489. The van der Waals surface area contributed by atoms with Gasteiger partial charge >= 0.3 is 0 Å². The van der Waals surface area contributed by atoms with Crippen LogP contribution < -0.4 is 0 Å². The number of benzene rings is 1. The molecule has 1 aliphatic rings. The number of likely N-dealkylation sites (tertiary alicyclic amines) is 1. The normalized spacial score (nSPS) is 24.4. The first-order chi connectivity index (χ1) is 9.01. The van der Waals surface area contributed by atoms with E-state index >= 15 is 0 Å². The van der Waals surface area contributed by atoms with Crippen LogP contribution in [0.5, 0.6) is 5.75 Å². The van der Waals surface area contributed by atoms with Crippen molar-refractivity contribution < 1.29 is 9.90 Å². The minimum atomic E-state index is -0.483. The number of rotatable bonds is 2. The van der Waals surface area contributed by atoms with Crippen molar-refractivity contribution in [1.82, 2.24) is 4.90 Å². The number of carbonyl (C=O) groups is 1. The Morgan fingerprint density at radius 1 is 1.42 bits per heavy atom. The third-order valence-corrected chi connectivity index (χ3v) is 4.88. The fraction of sp³-hybridized carbons (Fsp3) is 0.533. The van der Waals surface area contributed by atoms with E-state index in [1.165, 1.54) is 0 Å².